The molecule has 38 heavy (non-hydrogen) atoms. The van der Waals surface area contributed by atoms with Crippen LogP contribution in [0.5, 0.6) is 11.5 Å². The van der Waals surface area contributed by atoms with Crippen LogP contribution in [0.3, 0.4) is 0 Å². The Morgan fingerprint density at radius 3 is 1.47 bits per heavy atom. The number of thiophene rings is 2. The fourth-order valence-electron chi connectivity index (χ4n) is 6.02. The maximum atomic E-state index is 13.6. The van der Waals surface area contributed by atoms with Gasteiger partial charge in [0.25, 0.3) is 11.8 Å². The molecule has 2 aliphatic rings. The van der Waals surface area contributed by atoms with Crippen molar-refractivity contribution < 1.29 is 23.9 Å². The van der Waals surface area contributed by atoms with Gasteiger partial charge in [-0.15, -0.1) is 22.7 Å². The van der Waals surface area contributed by atoms with Crippen LogP contribution in [-0.4, -0.2) is 67.8 Å². The molecule has 0 aliphatic carbocycles. The number of rotatable bonds is 4. The van der Waals surface area contributed by atoms with E-state index in [0.717, 1.165) is 31.7 Å². The Morgan fingerprint density at radius 1 is 0.711 bits per heavy atom. The van der Waals surface area contributed by atoms with Crippen LogP contribution in [0.2, 0.25) is 0 Å². The van der Waals surface area contributed by atoms with Gasteiger partial charge in [-0.05, 0) is 73.2 Å². The molecule has 0 atom stereocenters. The number of amides is 2. The summed E-state index contributed by atoms with van der Waals surface area (Å²) in [7, 11) is 3.24. The number of carbonyl (C=O) groups excluding carboxylic acids is 3. The number of hydrogen-bond acceptors (Lipinski definition) is 7. The normalized spacial score (nSPS) is 23.2. The highest BCUT2D eigenvalue weighted by Crippen LogP contribution is 2.44. The summed E-state index contributed by atoms with van der Waals surface area (Å²) in [5, 5.41) is 1.92. The predicted octanol–water partition coefficient (Wildman–Crippen LogP) is 5.33. The van der Waals surface area contributed by atoms with E-state index in [-0.39, 0.29) is 43.8 Å². The number of likely N-dealkylation sites (tertiary alicyclic amines) is 2. The molecular formula is C29H28N2O5S2. The van der Waals surface area contributed by atoms with Crippen LogP contribution in [0, 0.1) is 10.8 Å². The smallest absolute Gasteiger partial charge is 0.264 e. The number of carbonyl (C=O) groups is 3. The first-order chi connectivity index (χ1) is 18.1. The van der Waals surface area contributed by atoms with Gasteiger partial charge in [-0.3, -0.25) is 14.4 Å². The molecular weight excluding hydrogens is 520 g/mol. The number of benzene rings is 2. The molecule has 9 heteroatoms. The van der Waals surface area contributed by atoms with Gasteiger partial charge in [0.15, 0.2) is 5.78 Å². The molecule has 0 spiro atoms. The van der Waals surface area contributed by atoms with Crippen LogP contribution in [0.25, 0.3) is 20.2 Å². The fraction of sp³-hybridized carbons (Fsp3) is 0.345. The highest BCUT2D eigenvalue weighted by molar-refractivity contribution is 7.21. The zero-order valence-electron chi connectivity index (χ0n) is 21.7. The lowest BCUT2D eigenvalue weighted by molar-refractivity contribution is -0.152. The molecule has 2 fully saturated rings. The van der Waals surface area contributed by atoms with E-state index in [2.05, 4.69) is 0 Å². The van der Waals surface area contributed by atoms with Crippen LogP contribution in [-0.2, 0) is 4.79 Å². The van der Waals surface area contributed by atoms with Gasteiger partial charge in [0.1, 0.15) is 11.5 Å². The minimum atomic E-state index is -0.837. The van der Waals surface area contributed by atoms with E-state index < -0.39 is 10.8 Å². The molecule has 2 amide bonds. The Morgan fingerprint density at radius 2 is 1.11 bits per heavy atom. The number of fused-ring (bicyclic) bond motifs is 4. The molecule has 2 aromatic carbocycles. The maximum Gasteiger partial charge on any atom is 0.264 e. The summed E-state index contributed by atoms with van der Waals surface area (Å²) in [4.78, 5) is 45.7. The third-order valence-corrected chi connectivity index (χ3v) is 9.91. The number of nitrogens with zero attached hydrogens (tertiary/aromatic N) is 2. The zero-order chi connectivity index (χ0) is 26.8. The summed E-state index contributed by atoms with van der Waals surface area (Å²) >= 11 is 2.90. The number of piperidine rings is 2. The highest BCUT2D eigenvalue weighted by atomic mass is 32.1. The summed E-state index contributed by atoms with van der Waals surface area (Å²) in [6.07, 6.45) is 0. The SMILES string of the molecule is COc1ccc2sc(C(=O)N3CC4(C)CN(C(=O)c5cc6cc(OC)ccc6s5)CC(C)(C3)C4=O)cc2c1. The van der Waals surface area contributed by atoms with Gasteiger partial charge in [0.2, 0.25) is 0 Å². The third-order valence-electron chi connectivity index (χ3n) is 7.70. The van der Waals surface area contributed by atoms with Crippen molar-refractivity contribution in [2.45, 2.75) is 13.8 Å². The Hall–Kier alpha value is -3.43. The van der Waals surface area contributed by atoms with Gasteiger partial charge in [0.05, 0.1) is 34.8 Å². The van der Waals surface area contributed by atoms with E-state index in [9.17, 15) is 14.4 Å². The molecule has 2 saturated heterocycles. The monoisotopic (exact) mass is 548 g/mol. The van der Waals surface area contributed by atoms with Crippen LogP contribution in [0.15, 0.2) is 48.5 Å². The molecule has 2 bridgehead atoms. The number of ether oxygens (including phenoxy) is 2. The van der Waals surface area contributed by atoms with Crippen molar-refractivity contribution in [1.29, 1.82) is 0 Å². The largest absolute Gasteiger partial charge is 0.497 e. The number of hydrogen-bond donors (Lipinski definition) is 0. The van der Waals surface area contributed by atoms with Crippen molar-refractivity contribution in [1.82, 2.24) is 9.80 Å². The minimum absolute atomic E-state index is 0.0756. The maximum absolute atomic E-state index is 13.6. The molecule has 0 radical (unpaired) electrons. The quantitative estimate of drug-likeness (QED) is 0.345. The van der Waals surface area contributed by atoms with E-state index in [1.54, 1.807) is 24.0 Å². The topological polar surface area (TPSA) is 76.2 Å². The van der Waals surface area contributed by atoms with Crippen LogP contribution in [0.4, 0.5) is 0 Å². The van der Waals surface area contributed by atoms with E-state index in [0.29, 0.717) is 9.75 Å². The molecule has 4 aromatic rings. The molecule has 2 aliphatic heterocycles. The van der Waals surface area contributed by atoms with Crippen LogP contribution < -0.4 is 9.47 Å². The van der Waals surface area contributed by atoms with Crippen LogP contribution >= 0.6 is 22.7 Å². The molecule has 0 N–H and O–H groups in total. The van der Waals surface area contributed by atoms with Gasteiger partial charge in [0, 0.05) is 35.6 Å². The third kappa shape index (κ3) is 3.96. The average Bonchev–Trinajstić information content (AvgIpc) is 3.52. The van der Waals surface area contributed by atoms with Crippen molar-refractivity contribution in [3.63, 3.8) is 0 Å². The van der Waals surface area contributed by atoms with Gasteiger partial charge < -0.3 is 19.3 Å². The van der Waals surface area contributed by atoms with E-state index in [4.69, 9.17) is 9.47 Å². The first-order valence-corrected chi connectivity index (χ1v) is 14.0. The predicted molar refractivity (Wildman–Crippen MR) is 150 cm³/mol. The van der Waals surface area contributed by atoms with Gasteiger partial charge in [-0.25, -0.2) is 0 Å². The van der Waals surface area contributed by atoms with Crippen LogP contribution in [0.1, 0.15) is 33.2 Å². The van der Waals surface area contributed by atoms with Gasteiger partial charge in [-0.2, -0.15) is 0 Å². The van der Waals surface area contributed by atoms with E-state index >= 15 is 0 Å². The Kier molecular flexibility index (Phi) is 5.77. The second-order valence-corrected chi connectivity index (χ2v) is 13.0. The summed E-state index contributed by atoms with van der Waals surface area (Å²) in [6.45, 7) is 4.91. The summed E-state index contributed by atoms with van der Waals surface area (Å²) in [5.41, 5.74) is -1.67. The van der Waals surface area contributed by atoms with Crippen molar-refractivity contribution in [3.8, 4) is 11.5 Å². The molecule has 2 aromatic heterocycles. The molecule has 7 nitrogen and oxygen atoms in total. The number of Topliss-reactive ketones (excluding diaryl/α,β-unsaturated/α-hetero) is 1. The lowest BCUT2D eigenvalue weighted by Crippen LogP contribution is -2.69. The molecule has 4 heterocycles. The van der Waals surface area contributed by atoms with Crippen molar-refractivity contribution in [2.75, 3.05) is 40.4 Å². The number of methoxy groups -OCH3 is 2. The second-order valence-electron chi connectivity index (χ2n) is 10.8. The molecule has 196 valence electrons. The van der Waals surface area contributed by atoms with Crippen molar-refractivity contribution in [3.05, 3.63) is 58.3 Å². The van der Waals surface area contributed by atoms with Gasteiger partial charge in [-0.1, -0.05) is 0 Å². The fourth-order valence-corrected chi connectivity index (χ4v) is 8.04. The first kappa shape index (κ1) is 24.9. The Bertz CT molecular complexity index is 1490. The molecule has 6 rings (SSSR count). The van der Waals surface area contributed by atoms with E-state index in [1.807, 2.05) is 62.4 Å². The molecule has 0 saturated carbocycles. The molecule has 0 unspecified atom stereocenters. The lowest BCUT2D eigenvalue weighted by Gasteiger charge is -2.54. The Balaban J connectivity index is 1.26. The minimum Gasteiger partial charge on any atom is -0.497 e. The van der Waals surface area contributed by atoms with Crippen molar-refractivity contribution in [2.24, 2.45) is 10.8 Å². The summed E-state index contributed by atoms with van der Waals surface area (Å²) in [6, 6.07) is 15.3. The van der Waals surface area contributed by atoms with E-state index in [1.165, 1.54) is 22.7 Å². The standard InChI is InChI=1S/C29H28N2O5S2/c1-28-13-30(25(32)23-11-17-9-19(35-3)5-7-21(17)37-23)15-29(2,27(28)34)16-31(14-28)26(33)24-12-18-10-20(36-4)6-8-22(18)38-24/h5-12H,13-16H2,1-4H3. The van der Waals surface area contributed by atoms with Crippen molar-refractivity contribution >= 4 is 60.4 Å². The zero-order valence-corrected chi connectivity index (χ0v) is 23.3. The lowest BCUT2D eigenvalue weighted by atomic mass is 9.64. The number of ketones is 1. The summed E-state index contributed by atoms with van der Waals surface area (Å²) < 4.78 is 12.7. The Labute approximate surface area is 228 Å². The first-order valence-electron chi connectivity index (χ1n) is 12.4. The average molecular weight is 549 g/mol. The highest BCUT2D eigenvalue weighted by Gasteiger charge is 2.57. The van der Waals surface area contributed by atoms with Gasteiger partial charge >= 0.3 is 0 Å². The second kappa shape index (κ2) is 8.81. The summed E-state index contributed by atoms with van der Waals surface area (Å²) in [5.74, 6) is 1.46.